The van der Waals surface area contributed by atoms with Crippen LogP contribution in [0.1, 0.15) is 39.0 Å². The zero-order chi connectivity index (χ0) is 20.5. The SMILES string of the molecule is Cn1nc(C(F)(F)C(F)(F)F)c(C(F)(F)F)c1B1OC(C)(C)C(C)(C)O1. The highest BCUT2D eigenvalue weighted by molar-refractivity contribution is 6.62. The Balaban J connectivity index is 2.71. The summed E-state index contributed by atoms with van der Waals surface area (Å²) in [5.74, 6) is -5.81. The highest BCUT2D eigenvalue weighted by atomic mass is 19.4. The normalized spacial score (nSPS) is 20.7. The van der Waals surface area contributed by atoms with Crippen molar-refractivity contribution in [3.63, 3.8) is 0 Å². The molecule has 0 saturated carbocycles. The Bertz CT molecular complexity index is 692. The number of rotatable bonds is 2. The molecule has 1 aliphatic heterocycles. The van der Waals surface area contributed by atoms with Crippen molar-refractivity contribution in [1.29, 1.82) is 0 Å². The predicted octanol–water partition coefficient (Wildman–Crippen LogP) is 3.39. The maximum atomic E-state index is 13.7. The fourth-order valence-electron chi connectivity index (χ4n) is 2.40. The average molecular weight is 394 g/mol. The Hall–Kier alpha value is -1.37. The van der Waals surface area contributed by atoms with Gasteiger partial charge in [0.15, 0.2) is 5.69 Å². The Morgan fingerprint density at radius 2 is 1.31 bits per heavy atom. The summed E-state index contributed by atoms with van der Waals surface area (Å²) in [5, 5.41) is 2.82. The van der Waals surface area contributed by atoms with Gasteiger partial charge in [0.1, 0.15) is 5.56 Å². The van der Waals surface area contributed by atoms with Crippen LogP contribution in [0.25, 0.3) is 0 Å². The molecule has 1 aliphatic rings. The van der Waals surface area contributed by atoms with Gasteiger partial charge in [0.2, 0.25) is 0 Å². The van der Waals surface area contributed by atoms with Crippen molar-refractivity contribution < 1.29 is 44.4 Å². The van der Waals surface area contributed by atoms with E-state index in [4.69, 9.17) is 9.31 Å². The van der Waals surface area contributed by atoms with Crippen LogP contribution in [0.15, 0.2) is 0 Å². The summed E-state index contributed by atoms with van der Waals surface area (Å²) < 4.78 is 116. The van der Waals surface area contributed by atoms with Crippen LogP contribution in [0.3, 0.4) is 0 Å². The van der Waals surface area contributed by atoms with Gasteiger partial charge in [-0.25, -0.2) is 0 Å². The molecule has 4 nitrogen and oxygen atoms in total. The van der Waals surface area contributed by atoms with Crippen LogP contribution in [-0.2, 0) is 28.5 Å². The van der Waals surface area contributed by atoms with Crippen LogP contribution < -0.4 is 5.59 Å². The number of nitrogens with zero attached hydrogens (tertiary/aromatic N) is 2. The van der Waals surface area contributed by atoms with E-state index in [1.165, 1.54) is 27.7 Å². The summed E-state index contributed by atoms with van der Waals surface area (Å²) in [6, 6.07) is 0. The Kier molecular flexibility index (Phi) is 4.48. The van der Waals surface area contributed by atoms with Crippen molar-refractivity contribution in [2.45, 2.75) is 57.2 Å². The second kappa shape index (κ2) is 5.57. The lowest BCUT2D eigenvalue weighted by molar-refractivity contribution is -0.292. The molecule has 0 aromatic carbocycles. The van der Waals surface area contributed by atoms with E-state index in [9.17, 15) is 35.1 Å². The summed E-state index contributed by atoms with van der Waals surface area (Å²) in [6.45, 7) is 5.95. The summed E-state index contributed by atoms with van der Waals surface area (Å²) in [6.07, 6.45) is -11.8. The van der Waals surface area contributed by atoms with E-state index in [-0.39, 0.29) is 4.68 Å². The molecule has 13 heteroatoms. The molecule has 148 valence electrons. The zero-order valence-corrected chi connectivity index (χ0v) is 14.3. The number of aromatic nitrogens is 2. The number of halogens is 8. The van der Waals surface area contributed by atoms with E-state index in [1.807, 2.05) is 0 Å². The first-order valence-electron chi connectivity index (χ1n) is 7.27. The maximum absolute atomic E-state index is 13.7. The van der Waals surface area contributed by atoms with Crippen molar-refractivity contribution in [1.82, 2.24) is 9.78 Å². The summed E-state index contributed by atoms with van der Waals surface area (Å²) in [4.78, 5) is 0. The standard InChI is InChI=1S/C13H15BF8N2O2/c1-9(2)10(3,4)26-14(25-9)8-6(12(17,18)19)7(23-24(8)5)11(15,16)13(20,21)22/h1-5H3. The first-order chi connectivity index (χ1) is 11.3. The first-order valence-corrected chi connectivity index (χ1v) is 7.27. The molecule has 0 bridgehead atoms. The zero-order valence-electron chi connectivity index (χ0n) is 14.3. The quantitative estimate of drug-likeness (QED) is 0.570. The predicted molar refractivity (Wildman–Crippen MR) is 73.9 cm³/mol. The number of hydrogen-bond donors (Lipinski definition) is 0. The molecule has 0 unspecified atom stereocenters. The van der Waals surface area contributed by atoms with Crippen LogP contribution in [-0.4, -0.2) is 34.3 Å². The first kappa shape index (κ1) is 20.9. The molecule has 2 rings (SSSR count). The van der Waals surface area contributed by atoms with Gasteiger partial charge in [-0.2, -0.15) is 40.2 Å². The van der Waals surface area contributed by atoms with Crippen molar-refractivity contribution in [2.24, 2.45) is 7.05 Å². The molecule has 0 N–H and O–H groups in total. The molecule has 2 heterocycles. The fraction of sp³-hybridized carbons (Fsp3) is 0.769. The van der Waals surface area contributed by atoms with Gasteiger partial charge >= 0.3 is 25.4 Å². The van der Waals surface area contributed by atoms with Crippen LogP contribution in [0, 0.1) is 0 Å². The molecular weight excluding hydrogens is 379 g/mol. The molecule has 0 atom stereocenters. The molecule has 1 fully saturated rings. The largest absolute Gasteiger partial charge is 0.514 e. The minimum Gasteiger partial charge on any atom is -0.398 e. The third-order valence-corrected chi connectivity index (χ3v) is 4.50. The van der Waals surface area contributed by atoms with E-state index in [0.717, 1.165) is 7.05 Å². The van der Waals surface area contributed by atoms with Gasteiger partial charge in [0.25, 0.3) is 0 Å². The Morgan fingerprint density at radius 3 is 1.65 bits per heavy atom. The lowest BCUT2D eigenvalue weighted by Crippen LogP contribution is -2.43. The van der Waals surface area contributed by atoms with E-state index >= 15 is 0 Å². The minimum absolute atomic E-state index is 0.278. The second-order valence-electron chi connectivity index (χ2n) is 6.89. The van der Waals surface area contributed by atoms with Crippen LogP contribution >= 0.6 is 0 Å². The van der Waals surface area contributed by atoms with Crippen LogP contribution in [0.2, 0.25) is 0 Å². The number of aryl methyl sites for hydroxylation is 1. The molecule has 1 saturated heterocycles. The molecule has 26 heavy (non-hydrogen) atoms. The van der Waals surface area contributed by atoms with Gasteiger partial charge in [0, 0.05) is 7.05 Å². The highest BCUT2D eigenvalue weighted by Gasteiger charge is 2.65. The fourth-order valence-corrected chi connectivity index (χ4v) is 2.40. The third-order valence-electron chi connectivity index (χ3n) is 4.50. The lowest BCUT2D eigenvalue weighted by Gasteiger charge is -2.32. The second-order valence-corrected chi connectivity index (χ2v) is 6.89. The molecule has 1 aromatic rings. The monoisotopic (exact) mass is 394 g/mol. The van der Waals surface area contributed by atoms with Gasteiger partial charge in [-0.05, 0) is 27.7 Å². The smallest absolute Gasteiger partial charge is 0.398 e. The molecular formula is C13H15BF8N2O2. The van der Waals surface area contributed by atoms with E-state index in [1.54, 1.807) is 0 Å². The highest BCUT2D eigenvalue weighted by Crippen LogP contribution is 2.47. The summed E-state index contributed by atoms with van der Waals surface area (Å²) >= 11 is 0. The maximum Gasteiger partial charge on any atom is 0.514 e. The van der Waals surface area contributed by atoms with E-state index < -0.39 is 53.4 Å². The van der Waals surface area contributed by atoms with E-state index in [0.29, 0.717) is 0 Å². The summed E-state index contributed by atoms with van der Waals surface area (Å²) in [5.41, 5.74) is -8.00. The van der Waals surface area contributed by atoms with Crippen molar-refractivity contribution in [3.8, 4) is 0 Å². The van der Waals surface area contributed by atoms with Gasteiger partial charge < -0.3 is 9.31 Å². The van der Waals surface area contributed by atoms with Gasteiger partial charge in [0.05, 0.1) is 16.8 Å². The Morgan fingerprint density at radius 1 is 0.885 bits per heavy atom. The number of alkyl halides is 8. The third kappa shape index (κ3) is 3.08. The van der Waals surface area contributed by atoms with Gasteiger partial charge in [-0.15, -0.1) is 0 Å². The molecule has 0 radical (unpaired) electrons. The average Bonchev–Trinajstić information content (AvgIpc) is 2.82. The molecule has 1 aromatic heterocycles. The molecule has 0 amide bonds. The number of hydrogen-bond acceptors (Lipinski definition) is 3. The molecule has 0 spiro atoms. The topological polar surface area (TPSA) is 36.3 Å². The lowest BCUT2D eigenvalue weighted by atomic mass is 9.80. The van der Waals surface area contributed by atoms with Gasteiger partial charge in [-0.1, -0.05) is 0 Å². The Labute approximate surface area is 143 Å². The van der Waals surface area contributed by atoms with Crippen LogP contribution in [0.5, 0.6) is 0 Å². The summed E-state index contributed by atoms with van der Waals surface area (Å²) in [7, 11) is -1.02. The van der Waals surface area contributed by atoms with Gasteiger partial charge in [-0.3, -0.25) is 4.68 Å². The van der Waals surface area contributed by atoms with Crippen LogP contribution in [0.4, 0.5) is 35.1 Å². The van der Waals surface area contributed by atoms with E-state index in [2.05, 4.69) is 5.10 Å². The van der Waals surface area contributed by atoms with Crippen molar-refractivity contribution in [2.75, 3.05) is 0 Å². The van der Waals surface area contributed by atoms with Crippen molar-refractivity contribution >= 4 is 12.7 Å². The molecule has 0 aliphatic carbocycles. The minimum atomic E-state index is -6.26. The van der Waals surface area contributed by atoms with Crippen molar-refractivity contribution in [3.05, 3.63) is 11.3 Å².